The minimum absolute atomic E-state index is 0.106. The molecule has 0 unspecified atom stereocenters. The van der Waals surface area contributed by atoms with Gasteiger partial charge in [-0.1, -0.05) is 11.6 Å². The molecule has 1 aliphatic heterocycles. The topological polar surface area (TPSA) is 117 Å². The summed E-state index contributed by atoms with van der Waals surface area (Å²) in [4.78, 5) is 28.3. The zero-order chi connectivity index (χ0) is 26.4. The summed E-state index contributed by atoms with van der Waals surface area (Å²) in [5.41, 5.74) is 9.66. The number of piperidine rings is 1. The average molecular weight is 533 g/mol. The van der Waals surface area contributed by atoms with Crippen LogP contribution in [0.1, 0.15) is 31.2 Å². The molecule has 2 fully saturated rings. The summed E-state index contributed by atoms with van der Waals surface area (Å²) in [5, 5.41) is 13.1. The van der Waals surface area contributed by atoms with Gasteiger partial charge < -0.3 is 25.9 Å². The zero-order valence-electron chi connectivity index (χ0n) is 20.5. The number of nitrogens with one attached hydrogen (secondary N) is 1. The van der Waals surface area contributed by atoms with Crippen LogP contribution in [0.2, 0.25) is 5.02 Å². The lowest BCUT2D eigenvalue weighted by Gasteiger charge is -2.31. The van der Waals surface area contributed by atoms with E-state index in [0.29, 0.717) is 28.0 Å². The molecule has 1 saturated heterocycles. The first-order valence-corrected chi connectivity index (χ1v) is 12.9. The molecule has 4 heterocycles. The van der Waals surface area contributed by atoms with Crippen LogP contribution < -0.4 is 16.0 Å². The third kappa shape index (κ3) is 4.41. The van der Waals surface area contributed by atoms with E-state index in [2.05, 4.69) is 20.2 Å². The van der Waals surface area contributed by atoms with E-state index in [9.17, 15) is 14.3 Å². The number of benzene rings is 1. The highest BCUT2D eigenvalue weighted by atomic mass is 35.5. The smallest absolute Gasteiger partial charge is 0.170 e. The van der Waals surface area contributed by atoms with Crippen molar-refractivity contribution in [2.75, 3.05) is 23.3 Å². The van der Waals surface area contributed by atoms with E-state index in [1.807, 2.05) is 12.1 Å². The molecule has 1 aliphatic carbocycles. The lowest BCUT2D eigenvalue weighted by Crippen LogP contribution is -2.43. The Bertz CT molecular complexity index is 1520. The summed E-state index contributed by atoms with van der Waals surface area (Å²) in [7, 11) is 0. The van der Waals surface area contributed by atoms with Gasteiger partial charge in [-0.15, -0.1) is 0 Å². The molecule has 8 nitrogen and oxygen atoms in total. The Labute approximate surface area is 223 Å². The van der Waals surface area contributed by atoms with Crippen LogP contribution in [0.5, 0.6) is 5.75 Å². The Morgan fingerprint density at radius 2 is 2.03 bits per heavy atom. The van der Waals surface area contributed by atoms with Crippen molar-refractivity contribution < 1.29 is 14.3 Å². The molecule has 194 valence electrons. The molecule has 4 aromatic rings. The van der Waals surface area contributed by atoms with Crippen LogP contribution in [0.3, 0.4) is 0 Å². The number of pyridine rings is 3. The first kappa shape index (κ1) is 24.5. The van der Waals surface area contributed by atoms with Gasteiger partial charge in [-0.2, -0.15) is 0 Å². The van der Waals surface area contributed by atoms with Crippen molar-refractivity contribution in [1.29, 1.82) is 0 Å². The number of rotatable bonds is 6. The molecular formula is C28H26ClFN6O2. The number of aromatic nitrogens is 3. The highest BCUT2D eigenvalue weighted by Crippen LogP contribution is 2.50. The molecule has 4 N–H and O–H groups in total. The van der Waals surface area contributed by atoms with Gasteiger partial charge in [0.25, 0.3) is 0 Å². The largest absolute Gasteiger partial charge is 0.504 e. The molecule has 38 heavy (non-hydrogen) atoms. The van der Waals surface area contributed by atoms with E-state index in [0.717, 1.165) is 62.1 Å². The number of nitrogens with two attached hydrogens (primary N) is 1. The van der Waals surface area contributed by atoms with Crippen molar-refractivity contribution in [3.63, 3.8) is 0 Å². The molecule has 0 spiro atoms. The monoisotopic (exact) mass is 532 g/mol. The Balaban J connectivity index is 1.42. The molecule has 0 amide bonds. The highest BCUT2D eigenvalue weighted by molar-refractivity contribution is 6.32. The molecule has 1 aromatic carbocycles. The van der Waals surface area contributed by atoms with E-state index >= 15 is 0 Å². The molecule has 10 heteroatoms. The standard InChI is InChI=1S/C28H26ClFN6O2/c29-20-10-16(11-21(30)27(20)38)22-4-5-23-26(35-22)25(19(13-32-23)28(15-37)7-8-28)34-18-3-6-24(33-12-18)36-9-1-2-17(31)14-36/h3-6,10-13,15,17,38H,1-2,7-9,14,31H2,(H,32,34)/t17-/m1/s1. The summed E-state index contributed by atoms with van der Waals surface area (Å²) in [6.07, 6.45) is 7.96. The van der Waals surface area contributed by atoms with Gasteiger partial charge in [-0.3, -0.25) is 4.98 Å². The molecular weight excluding hydrogens is 507 g/mol. The Hall–Kier alpha value is -3.82. The lowest BCUT2D eigenvalue weighted by atomic mass is 9.96. The maximum atomic E-state index is 14.2. The van der Waals surface area contributed by atoms with Crippen LogP contribution >= 0.6 is 11.6 Å². The van der Waals surface area contributed by atoms with E-state index in [-0.39, 0.29) is 11.1 Å². The van der Waals surface area contributed by atoms with Gasteiger partial charge in [-0.25, -0.2) is 14.4 Å². The van der Waals surface area contributed by atoms with Crippen LogP contribution in [0.15, 0.2) is 48.8 Å². The lowest BCUT2D eigenvalue weighted by molar-refractivity contribution is -0.109. The second kappa shape index (κ2) is 9.49. The number of nitrogens with zero attached hydrogens (tertiary/aromatic N) is 4. The van der Waals surface area contributed by atoms with Crippen molar-refractivity contribution in [1.82, 2.24) is 15.0 Å². The van der Waals surface area contributed by atoms with Crippen molar-refractivity contribution in [2.45, 2.75) is 37.1 Å². The summed E-state index contributed by atoms with van der Waals surface area (Å²) >= 11 is 6.02. The second-order valence-corrected chi connectivity index (χ2v) is 10.5. The Morgan fingerprint density at radius 3 is 2.71 bits per heavy atom. The summed E-state index contributed by atoms with van der Waals surface area (Å²) in [5.74, 6) is -0.575. The minimum Gasteiger partial charge on any atom is -0.504 e. The zero-order valence-corrected chi connectivity index (χ0v) is 21.2. The summed E-state index contributed by atoms with van der Waals surface area (Å²) in [6.45, 7) is 1.69. The van der Waals surface area contributed by atoms with E-state index in [4.69, 9.17) is 22.3 Å². The number of anilines is 3. The molecule has 3 aromatic heterocycles. The highest BCUT2D eigenvalue weighted by Gasteiger charge is 2.46. The van der Waals surface area contributed by atoms with Gasteiger partial charge in [0.2, 0.25) is 0 Å². The van der Waals surface area contributed by atoms with Gasteiger partial charge in [0.15, 0.2) is 11.6 Å². The van der Waals surface area contributed by atoms with Gasteiger partial charge in [0.05, 0.1) is 39.2 Å². The van der Waals surface area contributed by atoms with Crippen LogP contribution in [0.4, 0.5) is 21.6 Å². The number of carbonyl (C=O) groups is 1. The molecule has 0 bridgehead atoms. The third-order valence-electron chi connectivity index (χ3n) is 7.38. The number of hydrogen-bond donors (Lipinski definition) is 3. The number of phenols is 1. The maximum Gasteiger partial charge on any atom is 0.170 e. The van der Waals surface area contributed by atoms with Crippen molar-refractivity contribution in [3.05, 3.63) is 65.2 Å². The average Bonchev–Trinajstić information content (AvgIpc) is 3.73. The molecule has 2 aliphatic rings. The maximum absolute atomic E-state index is 14.2. The fraction of sp³-hybridized carbons (Fsp3) is 0.286. The number of fused-ring (bicyclic) bond motifs is 1. The van der Waals surface area contributed by atoms with Crippen molar-refractivity contribution >= 4 is 46.1 Å². The molecule has 1 atom stereocenters. The van der Waals surface area contributed by atoms with Crippen molar-refractivity contribution in [3.8, 4) is 17.0 Å². The van der Waals surface area contributed by atoms with Crippen LogP contribution in [-0.4, -0.2) is 45.5 Å². The van der Waals surface area contributed by atoms with Gasteiger partial charge in [-0.05, 0) is 62.1 Å². The van der Waals surface area contributed by atoms with E-state index in [1.54, 1.807) is 24.5 Å². The SMILES string of the molecule is N[C@@H]1CCCN(c2ccc(Nc3c(C4(C=O)CC4)cnc4ccc(-c5cc(F)c(O)c(Cl)c5)nc34)cn2)C1. The first-order valence-electron chi connectivity index (χ1n) is 12.6. The third-order valence-corrected chi connectivity index (χ3v) is 7.66. The number of carbonyl (C=O) groups excluding carboxylic acids is 1. The fourth-order valence-corrected chi connectivity index (χ4v) is 5.25. The van der Waals surface area contributed by atoms with E-state index in [1.165, 1.54) is 12.1 Å². The number of hydrogen-bond acceptors (Lipinski definition) is 8. The number of aldehydes is 1. The first-order chi connectivity index (χ1) is 18.4. The quantitative estimate of drug-likeness (QED) is 0.294. The minimum atomic E-state index is -0.835. The number of phenolic OH excluding ortho intramolecular Hbond substituents is 1. The number of halogens is 2. The van der Waals surface area contributed by atoms with Crippen LogP contribution in [-0.2, 0) is 10.2 Å². The van der Waals surface area contributed by atoms with Crippen LogP contribution in [0.25, 0.3) is 22.3 Å². The predicted molar refractivity (Wildman–Crippen MR) is 146 cm³/mol. The molecule has 1 saturated carbocycles. The van der Waals surface area contributed by atoms with Gasteiger partial charge in [0, 0.05) is 36.5 Å². The second-order valence-electron chi connectivity index (χ2n) is 10.1. The number of aromatic hydroxyl groups is 1. The van der Waals surface area contributed by atoms with Gasteiger partial charge in [0.1, 0.15) is 17.6 Å². The molecule has 6 rings (SSSR count). The Kier molecular flexibility index (Phi) is 6.12. The van der Waals surface area contributed by atoms with Gasteiger partial charge >= 0.3 is 0 Å². The fourth-order valence-electron chi connectivity index (χ4n) is 5.04. The summed E-state index contributed by atoms with van der Waals surface area (Å²) < 4.78 is 14.2. The van der Waals surface area contributed by atoms with E-state index < -0.39 is 17.0 Å². The predicted octanol–water partition coefficient (Wildman–Crippen LogP) is 5.09. The summed E-state index contributed by atoms with van der Waals surface area (Å²) in [6, 6.07) is 10.2. The normalized spacial score (nSPS) is 18.4. The van der Waals surface area contributed by atoms with Crippen LogP contribution in [0, 0.1) is 5.82 Å². The van der Waals surface area contributed by atoms with Crippen molar-refractivity contribution in [2.24, 2.45) is 5.73 Å². The molecule has 0 radical (unpaired) electrons. The Morgan fingerprint density at radius 1 is 1.18 bits per heavy atom.